The number of thiocarbonyl (C=S) groups is 1. The van der Waals surface area contributed by atoms with E-state index in [-0.39, 0.29) is 0 Å². The number of rotatable bonds is 7. The van der Waals surface area contributed by atoms with E-state index in [0.717, 1.165) is 63.5 Å². The van der Waals surface area contributed by atoms with Crippen LogP contribution in [0.3, 0.4) is 0 Å². The van der Waals surface area contributed by atoms with Gasteiger partial charge in [0.15, 0.2) is 0 Å². The van der Waals surface area contributed by atoms with E-state index in [4.69, 9.17) is 12.2 Å². The molecule has 1 heterocycles. The summed E-state index contributed by atoms with van der Waals surface area (Å²) in [5.41, 5.74) is 0.304. The lowest BCUT2D eigenvalue weighted by Gasteiger charge is -2.41. The highest BCUT2D eigenvalue weighted by molar-refractivity contribution is 7.80. The maximum absolute atomic E-state index is 12.5. The number of piperidine rings is 1. The number of carbonyl (C=O) groups excluding carboxylic acids is 1. The molecule has 0 aromatic heterocycles. The summed E-state index contributed by atoms with van der Waals surface area (Å²) in [7, 11) is 0. The molecule has 138 valence electrons. The van der Waals surface area contributed by atoms with Gasteiger partial charge < -0.3 is 4.90 Å². The van der Waals surface area contributed by atoms with Crippen LogP contribution in [0.2, 0.25) is 0 Å². The molecule has 0 bridgehead atoms. The molecule has 24 heavy (non-hydrogen) atoms. The van der Waals surface area contributed by atoms with Gasteiger partial charge in [0, 0.05) is 19.5 Å². The summed E-state index contributed by atoms with van der Waals surface area (Å²) in [5.74, 6) is 2.11. The smallest absolute Gasteiger partial charge is 0.222 e. The molecular weight excluding hydrogens is 314 g/mol. The van der Waals surface area contributed by atoms with Crippen LogP contribution in [-0.4, -0.2) is 28.8 Å². The van der Waals surface area contributed by atoms with Crippen molar-refractivity contribution in [2.75, 3.05) is 13.1 Å². The third-order valence-corrected chi connectivity index (χ3v) is 6.07. The number of amides is 1. The van der Waals surface area contributed by atoms with Gasteiger partial charge in [-0.05, 0) is 60.6 Å². The number of hydrogen-bond acceptors (Lipinski definition) is 2. The monoisotopic (exact) mass is 351 g/mol. The fraction of sp³-hybridized carbons (Fsp3) is 0.905. The zero-order valence-corrected chi connectivity index (χ0v) is 16.9. The first-order valence-corrected chi connectivity index (χ1v) is 10.6. The van der Waals surface area contributed by atoms with Gasteiger partial charge in [-0.1, -0.05) is 58.7 Å². The van der Waals surface area contributed by atoms with Gasteiger partial charge in [-0.3, -0.25) is 4.79 Å². The summed E-state index contributed by atoms with van der Waals surface area (Å²) in [5, 5.41) is 0. The molecule has 1 saturated heterocycles. The van der Waals surface area contributed by atoms with E-state index in [0.29, 0.717) is 11.3 Å². The molecule has 0 aromatic carbocycles. The second-order valence-corrected chi connectivity index (χ2v) is 9.85. The van der Waals surface area contributed by atoms with Crippen LogP contribution in [0.4, 0.5) is 0 Å². The molecule has 0 spiro atoms. The third kappa shape index (κ3) is 6.82. The Morgan fingerprint density at radius 2 is 1.67 bits per heavy atom. The van der Waals surface area contributed by atoms with Crippen molar-refractivity contribution in [1.29, 1.82) is 0 Å². The highest BCUT2D eigenvalue weighted by Crippen LogP contribution is 2.36. The van der Waals surface area contributed by atoms with Gasteiger partial charge in [0.05, 0.1) is 0 Å². The predicted molar refractivity (Wildman–Crippen MR) is 106 cm³/mol. The zero-order valence-electron chi connectivity index (χ0n) is 16.1. The molecule has 0 N–H and O–H groups in total. The first kappa shape index (κ1) is 19.9. The molecule has 2 unspecified atom stereocenters. The van der Waals surface area contributed by atoms with Crippen molar-refractivity contribution in [3.63, 3.8) is 0 Å². The van der Waals surface area contributed by atoms with Crippen LogP contribution in [0.5, 0.6) is 0 Å². The molecule has 2 rings (SSSR count). The molecule has 3 heteroatoms. The summed E-state index contributed by atoms with van der Waals surface area (Å²) in [6, 6.07) is 0. The van der Waals surface area contributed by atoms with E-state index < -0.39 is 0 Å². The van der Waals surface area contributed by atoms with E-state index in [1.807, 2.05) is 0 Å². The molecule has 1 amide bonds. The molecule has 1 aliphatic carbocycles. The Kier molecular flexibility index (Phi) is 7.71. The van der Waals surface area contributed by atoms with Crippen molar-refractivity contribution in [2.45, 2.75) is 91.4 Å². The number of carbonyl (C=O) groups is 1. The minimum Gasteiger partial charge on any atom is -0.342 e. The van der Waals surface area contributed by atoms with Gasteiger partial charge >= 0.3 is 0 Å². The second kappa shape index (κ2) is 9.31. The summed E-state index contributed by atoms with van der Waals surface area (Å²) in [6.07, 6.45) is 12.9. The largest absolute Gasteiger partial charge is 0.342 e. The SMILES string of the molecule is CC(C)(C)CC(=S)CCCCCC(=O)N1CCC2CCCCC2C1. The number of likely N-dealkylation sites (tertiary alicyclic amines) is 1. The van der Waals surface area contributed by atoms with Crippen molar-refractivity contribution in [1.82, 2.24) is 4.90 Å². The van der Waals surface area contributed by atoms with Crippen LogP contribution >= 0.6 is 12.2 Å². The van der Waals surface area contributed by atoms with Crippen molar-refractivity contribution in [2.24, 2.45) is 17.3 Å². The lowest BCUT2D eigenvalue weighted by atomic mass is 9.75. The Balaban J connectivity index is 1.57. The van der Waals surface area contributed by atoms with Crippen molar-refractivity contribution in [3.8, 4) is 0 Å². The predicted octanol–water partition coefficient (Wildman–Crippen LogP) is 5.78. The molecular formula is C21H37NOS. The molecule has 0 radical (unpaired) electrons. The lowest BCUT2D eigenvalue weighted by Crippen LogP contribution is -2.44. The molecule has 1 aliphatic heterocycles. The minimum atomic E-state index is 0.304. The molecule has 1 saturated carbocycles. The van der Waals surface area contributed by atoms with E-state index in [1.165, 1.54) is 37.0 Å². The normalized spacial score (nSPS) is 24.5. The van der Waals surface area contributed by atoms with E-state index in [1.54, 1.807) is 0 Å². The first-order chi connectivity index (χ1) is 11.3. The lowest BCUT2D eigenvalue weighted by molar-refractivity contribution is -0.134. The Labute approximate surface area is 154 Å². The van der Waals surface area contributed by atoms with Gasteiger partial charge in [0.1, 0.15) is 0 Å². The molecule has 2 aliphatic rings. The topological polar surface area (TPSA) is 20.3 Å². The van der Waals surface area contributed by atoms with Crippen LogP contribution in [-0.2, 0) is 4.79 Å². The van der Waals surface area contributed by atoms with Gasteiger partial charge in [-0.15, -0.1) is 0 Å². The Morgan fingerprint density at radius 3 is 2.38 bits per heavy atom. The van der Waals surface area contributed by atoms with Crippen LogP contribution in [0.25, 0.3) is 0 Å². The van der Waals surface area contributed by atoms with Gasteiger partial charge in [0.2, 0.25) is 5.91 Å². The summed E-state index contributed by atoms with van der Waals surface area (Å²) in [4.78, 5) is 15.8. The fourth-order valence-corrected chi connectivity index (χ4v) is 5.02. The van der Waals surface area contributed by atoms with Crippen molar-refractivity contribution >= 4 is 23.0 Å². The van der Waals surface area contributed by atoms with Crippen LogP contribution in [0, 0.1) is 17.3 Å². The highest BCUT2D eigenvalue weighted by atomic mass is 32.1. The third-order valence-electron chi connectivity index (χ3n) is 5.72. The Bertz CT molecular complexity index is 426. The molecule has 2 atom stereocenters. The van der Waals surface area contributed by atoms with Crippen LogP contribution in [0.15, 0.2) is 0 Å². The highest BCUT2D eigenvalue weighted by Gasteiger charge is 2.32. The fourth-order valence-electron chi connectivity index (χ4n) is 4.44. The quantitative estimate of drug-likeness (QED) is 0.428. The second-order valence-electron chi connectivity index (χ2n) is 9.27. The van der Waals surface area contributed by atoms with Gasteiger partial charge in [-0.25, -0.2) is 0 Å². The Hall–Kier alpha value is -0.440. The number of nitrogens with zero attached hydrogens (tertiary/aromatic N) is 1. The average molecular weight is 352 g/mol. The minimum absolute atomic E-state index is 0.304. The van der Waals surface area contributed by atoms with Crippen molar-refractivity contribution < 1.29 is 4.79 Å². The standard InChI is InChI=1S/C21H37NOS/c1-21(2,3)15-19(24)11-5-4-6-12-20(23)22-14-13-17-9-7-8-10-18(17)16-22/h17-18H,4-16H2,1-3H3. The van der Waals surface area contributed by atoms with Gasteiger partial charge in [0.25, 0.3) is 0 Å². The van der Waals surface area contributed by atoms with Gasteiger partial charge in [-0.2, -0.15) is 0 Å². The maximum Gasteiger partial charge on any atom is 0.222 e. The summed E-state index contributed by atoms with van der Waals surface area (Å²) in [6.45, 7) is 8.78. The Morgan fingerprint density at radius 1 is 1.00 bits per heavy atom. The number of hydrogen-bond donors (Lipinski definition) is 0. The van der Waals surface area contributed by atoms with Crippen molar-refractivity contribution in [3.05, 3.63) is 0 Å². The van der Waals surface area contributed by atoms with Crippen LogP contribution < -0.4 is 0 Å². The number of unbranched alkanes of at least 4 members (excludes halogenated alkanes) is 2. The molecule has 2 fully saturated rings. The van der Waals surface area contributed by atoms with Crippen LogP contribution in [0.1, 0.15) is 91.4 Å². The van der Waals surface area contributed by atoms with E-state index >= 15 is 0 Å². The maximum atomic E-state index is 12.5. The number of fused-ring (bicyclic) bond motifs is 1. The zero-order chi connectivity index (χ0) is 17.6. The molecule has 2 nitrogen and oxygen atoms in total. The van der Waals surface area contributed by atoms with E-state index in [2.05, 4.69) is 25.7 Å². The van der Waals surface area contributed by atoms with E-state index in [9.17, 15) is 4.79 Å². The summed E-state index contributed by atoms with van der Waals surface area (Å²) < 4.78 is 0. The molecule has 0 aromatic rings. The first-order valence-electron chi connectivity index (χ1n) is 10.1. The summed E-state index contributed by atoms with van der Waals surface area (Å²) >= 11 is 5.48. The average Bonchev–Trinajstić information content (AvgIpc) is 2.52.